The Morgan fingerprint density at radius 2 is 2.00 bits per heavy atom. The van der Waals surface area contributed by atoms with E-state index >= 15 is 0 Å². The summed E-state index contributed by atoms with van der Waals surface area (Å²) in [4.78, 5) is 19.2. The molecule has 3 rings (SSSR count). The van der Waals surface area contributed by atoms with Gasteiger partial charge in [0, 0.05) is 19.6 Å². The van der Waals surface area contributed by atoms with Crippen LogP contribution in [0.2, 0.25) is 0 Å². The van der Waals surface area contributed by atoms with Crippen molar-refractivity contribution in [1.82, 2.24) is 29.7 Å². The molecule has 1 fully saturated rings. The first-order valence-corrected chi connectivity index (χ1v) is 7.04. The van der Waals surface area contributed by atoms with E-state index < -0.39 is 0 Å². The molecule has 0 radical (unpaired) electrons. The van der Waals surface area contributed by atoms with Crippen molar-refractivity contribution in [1.29, 1.82) is 0 Å². The van der Waals surface area contributed by atoms with Gasteiger partial charge in [-0.05, 0) is 19.8 Å². The van der Waals surface area contributed by atoms with E-state index in [4.69, 9.17) is 0 Å². The first-order chi connectivity index (χ1) is 10.3. The van der Waals surface area contributed by atoms with Gasteiger partial charge in [0.2, 0.25) is 11.9 Å². The highest BCUT2D eigenvalue weighted by molar-refractivity contribution is 5.40. The van der Waals surface area contributed by atoms with Gasteiger partial charge in [0.25, 0.3) is 5.95 Å². The molecule has 0 bridgehead atoms. The summed E-state index contributed by atoms with van der Waals surface area (Å²) in [6.07, 6.45) is 4.20. The van der Waals surface area contributed by atoms with E-state index in [1.165, 1.54) is 11.0 Å². The van der Waals surface area contributed by atoms with Crippen LogP contribution in [0.15, 0.2) is 12.7 Å². The molecular formula is C12H18N8O. The lowest BCUT2D eigenvalue weighted by Gasteiger charge is -2.29. The zero-order valence-corrected chi connectivity index (χ0v) is 11.8. The van der Waals surface area contributed by atoms with Crippen molar-refractivity contribution in [3.8, 4) is 5.95 Å². The number of nitrogens with zero attached hydrogens (tertiary/aromatic N) is 7. The third-order valence-corrected chi connectivity index (χ3v) is 3.32. The number of aliphatic hydroxyl groups is 1. The quantitative estimate of drug-likeness (QED) is 0.800. The molecule has 0 saturated carbocycles. The van der Waals surface area contributed by atoms with E-state index in [0.717, 1.165) is 32.5 Å². The predicted molar refractivity (Wildman–Crippen MR) is 76.4 cm³/mol. The van der Waals surface area contributed by atoms with Crippen LogP contribution in [0.3, 0.4) is 0 Å². The number of anilines is 2. The van der Waals surface area contributed by atoms with Gasteiger partial charge in [-0.15, -0.1) is 0 Å². The average molecular weight is 290 g/mol. The number of hydrogen-bond donors (Lipinski definition) is 2. The fourth-order valence-electron chi connectivity index (χ4n) is 2.21. The standard InChI is InChI=1S/C12H18N8O/c1-2-14-10-16-11(19-5-3-9(21)4-6-19)18-12(17-10)20-8-13-7-15-20/h7-9,21H,2-6H2,1H3,(H,14,16,17,18). The van der Waals surface area contributed by atoms with Crippen molar-refractivity contribution < 1.29 is 5.11 Å². The lowest BCUT2D eigenvalue weighted by atomic mass is 10.1. The van der Waals surface area contributed by atoms with E-state index in [1.807, 2.05) is 6.92 Å². The number of aromatic nitrogens is 6. The molecule has 0 aromatic carbocycles. The molecule has 2 aromatic heterocycles. The summed E-state index contributed by atoms with van der Waals surface area (Å²) < 4.78 is 1.50. The summed E-state index contributed by atoms with van der Waals surface area (Å²) in [6, 6.07) is 0. The summed E-state index contributed by atoms with van der Waals surface area (Å²) in [5, 5.41) is 16.8. The van der Waals surface area contributed by atoms with E-state index in [2.05, 4.69) is 35.3 Å². The average Bonchev–Trinajstić information content (AvgIpc) is 3.02. The van der Waals surface area contributed by atoms with E-state index in [0.29, 0.717) is 17.8 Å². The lowest BCUT2D eigenvalue weighted by Crippen LogP contribution is -2.37. The molecule has 1 aliphatic heterocycles. The van der Waals surface area contributed by atoms with Gasteiger partial charge in [0.15, 0.2) is 0 Å². The fourth-order valence-corrected chi connectivity index (χ4v) is 2.21. The van der Waals surface area contributed by atoms with Gasteiger partial charge in [-0.25, -0.2) is 4.98 Å². The Kier molecular flexibility index (Phi) is 3.91. The molecule has 21 heavy (non-hydrogen) atoms. The van der Waals surface area contributed by atoms with Gasteiger partial charge in [-0.2, -0.15) is 24.7 Å². The Labute approximate surface area is 122 Å². The molecule has 0 atom stereocenters. The summed E-state index contributed by atoms with van der Waals surface area (Å²) >= 11 is 0. The van der Waals surface area contributed by atoms with Crippen molar-refractivity contribution in [2.45, 2.75) is 25.9 Å². The molecule has 0 unspecified atom stereocenters. The van der Waals surface area contributed by atoms with E-state index in [-0.39, 0.29) is 6.10 Å². The Morgan fingerprint density at radius 3 is 2.67 bits per heavy atom. The maximum absolute atomic E-state index is 9.60. The second-order valence-electron chi connectivity index (χ2n) is 4.85. The Morgan fingerprint density at radius 1 is 1.24 bits per heavy atom. The van der Waals surface area contributed by atoms with Gasteiger partial charge in [-0.3, -0.25) is 0 Å². The monoisotopic (exact) mass is 290 g/mol. The first-order valence-electron chi connectivity index (χ1n) is 7.04. The summed E-state index contributed by atoms with van der Waals surface area (Å²) in [5.41, 5.74) is 0. The van der Waals surface area contributed by atoms with Crippen molar-refractivity contribution in [3.05, 3.63) is 12.7 Å². The van der Waals surface area contributed by atoms with Gasteiger partial charge < -0.3 is 15.3 Å². The number of aliphatic hydroxyl groups excluding tert-OH is 1. The van der Waals surface area contributed by atoms with Crippen molar-refractivity contribution in [2.24, 2.45) is 0 Å². The van der Waals surface area contributed by atoms with Crippen molar-refractivity contribution in [2.75, 3.05) is 29.9 Å². The number of piperidine rings is 1. The molecule has 0 amide bonds. The minimum atomic E-state index is -0.230. The van der Waals surface area contributed by atoms with E-state index in [9.17, 15) is 5.11 Å². The molecule has 9 nitrogen and oxygen atoms in total. The zero-order valence-electron chi connectivity index (χ0n) is 11.8. The Hall–Kier alpha value is -2.29. The second-order valence-corrected chi connectivity index (χ2v) is 4.85. The largest absolute Gasteiger partial charge is 0.393 e. The molecule has 2 N–H and O–H groups in total. The second kappa shape index (κ2) is 6.00. The summed E-state index contributed by atoms with van der Waals surface area (Å²) in [5.74, 6) is 1.54. The van der Waals surface area contributed by atoms with Crippen LogP contribution >= 0.6 is 0 Å². The van der Waals surface area contributed by atoms with Crippen LogP contribution in [0.5, 0.6) is 0 Å². The minimum absolute atomic E-state index is 0.230. The normalized spacial score (nSPS) is 16.2. The lowest BCUT2D eigenvalue weighted by molar-refractivity contribution is 0.145. The van der Waals surface area contributed by atoms with Crippen LogP contribution < -0.4 is 10.2 Å². The highest BCUT2D eigenvalue weighted by Crippen LogP contribution is 2.18. The molecular weight excluding hydrogens is 272 g/mol. The van der Waals surface area contributed by atoms with Gasteiger partial charge in [0.05, 0.1) is 6.10 Å². The molecule has 0 aliphatic carbocycles. The maximum atomic E-state index is 9.60. The van der Waals surface area contributed by atoms with Gasteiger partial charge in [-0.1, -0.05) is 0 Å². The summed E-state index contributed by atoms with van der Waals surface area (Å²) in [6.45, 7) is 4.16. The molecule has 2 aromatic rings. The minimum Gasteiger partial charge on any atom is -0.393 e. The zero-order chi connectivity index (χ0) is 14.7. The van der Waals surface area contributed by atoms with Crippen LogP contribution in [0.1, 0.15) is 19.8 Å². The Balaban J connectivity index is 1.91. The van der Waals surface area contributed by atoms with Crippen LogP contribution in [0.25, 0.3) is 5.95 Å². The Bertz CT molecular complexity index is 579. The number of nitrogens with one attached hydrogen (secondary N) is 1. The number of hydrogen-bond acceptors (Lipinski definition) is 8. The van der Waals surface area contributed by atoms with Crippen molar-refractivity contribution >= 4 is 11.9 Å². The van der Waals surface area contributed by atoms with E-state index in [1.54, 1.807) is 6.33 Å². The number of rotatable bonds is 4. The first kappa shape index (κ1) is 13.7. The van der Waals surface area contributed by atoms with Crippen LogP contribution in [0, 0.1) is 0 Å². The van der Waals surface area contributed by atoms with Crippen LogP contribution in [-0.4, -0.2) is 60.6 Å². The molecule has 1 aliphatic rings. The molecule has 1 saturated heterocycles. The molecule has 112 valence electrons. The van der Waals surface area contributed by atoms with Crippen LogP contribution in [0.4, 0.5) is 11.9 Å². The van der Waals surface area contributed by atoms with Gasteiger partial charge in [0.1, 0.15) is 12.7 Å². The highest BCUT2D eigenvalue weighted by atomic mass is 16.3. The molecule has 3 heterocycles. The smallest absolute Gasteiger partial charge is 0.258 e. The molecule has 9 heteroatoms. The topological polar surface area (TPSA) is 105 Å². The third kappa shape index (κ3) is 3.07. The third-order valence-electron chi connectivity index (χ3n) is 3.32. The predicted octanol–water partition coefficient (Wildman–Crippen LogP) is -0.155. The fraction of sp³-hybridized carbons (Fsp3) is 0.583. The highest BCUT2D eigenvalue weighted by Gasteiger charge is 2.21. The SMILES string of the molecule is CCNc1nc(N2CCC(O)CC2)nc(-n2cncn2)n1. The maximum Gasteiger partial charge on any atom is 0.258 e. The van der Waals surface area contributed by atoms with Crippen molar-refractivity contribution in [3.63, 3.8) is 0 Å². The van der Waals surface area contributed by atoms with Crippen LogP contribution in [-0.2, 0) is 0 Å². The van der Waals surface area contributed by atoms with Gasteiger partial charge >= 0.3 is 0 Å². The molecule has 0 spiro atoms. The summed E-state index contributed by atoms with van der Waals surface area (Å²) in [7, 11) is 0.